The second-order valence-corrected chi connectivity index (χ2v) is 36.3. The minimum Gasteiger partial charge on any atom is -0.464 e. The molecule has 39 nitrogen and oxygen atoms in total. The number of hydrogen-bond donors (Lipinski definition) is 6. The van der Waals surface area contributed by atoms with Crippen molar-refractivity contribution in [2.24, 2.45) is 11.8 Å². The van der Waals surface area contributed by atoms with Crippen molar-refractivity contribution in [2.45, 2.75) is 343 Å². The molecular formula is C102H154F4O39. The summed E-state index contributed by atoms with van der Waals surface area (Å²) < 4.78 is 164. The Balaban J connectivity index is 0.000000833. The average Bonchev–Trinajstić information content (AvgIpc) is 1.70. The molecule has 0 saturated carbocycles. The van der Waals surface area contributed by atoms with Crippen LogP contribution in [0.5, 0.6) is 0 Å². The Morgan fingerprint density at radius 2 is 0.766 bits per heavy atom. The van der Waals surface area contributed by atoms with Crippen LogP contribution in [0.3, 0.4) is 0 Å². The summed E-state index contributed by atoms with van der Waals surface area (Å²) in [4.78, 5) is 138. The van der Waals surface area contributed by atoms with Gasteiger partial charge in [-0.2, -0.15) is 0 Å². The van der Waals surface area contributed by atoms with E-state index in [0.717, 1.165) is 20.1 Å². The smallest absolute Gasteiger partial charge is 0.347 e. The highest BCUT2D eigenvalue weighted by molar-refractivity contribution is 5.92. The number of carbonyl (C=O) groups is 12. The lowest BCUT2D eigenvalue weighted by atomic mass is 9.90. The SMILES string of the molecule is C=C(C)C(=O)OCC.CC.CC1(C)OC[C@H](C=O)O1.CC1[C@@H](CO)OC(=O)C1(C)F.CCOC(=O)/C(C)=C/[C@H]1COC(C)(C)O1.CCOC(=O)[C@@](C)(O)[C@H](O)[C@H]1COC(C)(C)O1.CCOC(=O)[C@@](C)(O)[C@H](OC(=O)c1ccccc1)C1COC(C)(C)O1.CCOC(=O)[C@](C)(F)[C@H](OC(=O)c1ccccc1)[C@H](O)CO.CCOC(=O)[C@](C)(F)[C@H](OC(=O)c1ccccc1)[C@H]1COC(C)(C)O1.CC[C@H]1OC(=O)C(C)(F)C1C. The van der Waals surface area contributed by atoms with Crippen molar-refractivity contribution in [1.82, 2.24) is 0 Å². The molecule has 20 atom stereocenters. The molecule has 145 heavy (non-hydrogen) atoms. The number of aliphatic hydroxyl groups is 6. The van der Waals surface area contributed by atoms with Gasteiger partial charge in [-0.05, 0) is 215 Å². The quantitative estimate of drug-likeness (QED) is 0.0115. The molecule has 3 aromatic rings. The van der Waals surface area contributed by atoms with Crippen LogP contribution < -0.4 is 0 Å². The zero-order chi connectivity index (χ0) is 112. The van der Waals surface area contributed by atoms with Crippen LogP contribution in [0.4, 0.5) is 17.6 Å². The summed E-state index contributed by atoms with van der Waals surface area (Å²) in [6.45, 7) is 50.6. The van der Waals surface area contributed by atoms with Gasteiger partial charge in [-0.3, -0.25) is 0 Å². The maximum atomic E-state index is 15.2. The number of halogens is 4. The number of ether oxygens (including phenoxy) is 21. The molecule has 7 heterocycles. The highest BCUT2D eigenvalue weighted by Gasteiger charge is 2.58. The van der Waals surface area contributed by atoms with Crippen LogP contribution in [0.15, 0.2) is 115 Å². The number of aldehydes is 1. The predicted octanol–water partition coefficient (Wildman–Crippen LogP) is 11.1. The first kappa shape index (κ1) is 133. The third-order valence-corrected chi connectivity index (χ3v) is 21.9. The van der Waals surface area contributed by atoms with Crippen LogP contribution in [-0.2, 0) is 143 Å². The number of rotatable bonds is 31. The average molecular weight is 2080 g/mol. The van der Waals surface area contributed by atoms with Crippen molar-refractivity contribution in [3.8, 4) is 0 Å². The summed E-state index contributed by atoms with van der Waals surface area (Å²) in [5, 5.41) is 58.0. The van der Waals surface area contributed by atoms with Gasteiger partial charge in [-0.15, -0.1) is 0 Å². The maximum Gasteiger partial charge on any atom is 0.347 e. The van der Waals surface area contributed by atoms with Gasteiger partial charge in [0.2, 0.25) is 22.7 Å². The van der Waals surface area contributed by atoms with Crippen molar-refractivity contribution >= 4 is 71.9 Å². The van der Waals surface area contributed by atoms with E-state index in [1.165, 1.54) is 58.9 Å². The normalized spacial score (nSPS) is 25.5. The van der Waals surface area contributed by atoms with Gasteiger partial charge in [0.05, 0.1) is 103 Å². The Labute approximate surface area is 846 Å². The van der Waals surface area contributed by atoms with E-state index in [4.69, 9.17) is 95.5 Å². The third-order valence-electron chi connectivity index (χ3n) is 21.9. The summed E-state index contributed by atoms with van der Waals surface area (Å²) in [6, 6.07) is 24.1. The topological polar surface area (TPSA) is 520 Å². The summed E-state index contributed by atoms with van der Waals surface area (Å²) in [5.41, 5.74) is -11.5. The first-order chi connectivity index (χ1) is 67.1. The lowest BCUT2D eigenvalue weighted by Crippen LogP contribution is -2.56. The van der Waals surface area contributed by atoms with Gasteiger partial charge < -0.3 is 135 Å². The van der Waals surface area contributed by atoms with Crippen molar-refractivity contribution in [2.75, 3.05) is 85.9 Å². The Bertz CT molecular complexity index is 4410. The number of cyclic esters (lactones) is 2. The molecule has 10 rings (SSSR count). The number of alkyl halides is 4. The monoisotopic (exact) mass is 2080 g/mol. The molecule has 0 spiro atoms. The minimum atomic E-state index is -2.80. The maximum absolute atomic E-state index is 15.2. The summed E-state index contributed by atoms with van der Waals surface area (Å²) in [6.07, 6.45) is -8.65. The molecule has 3 aromatic carbocycles. The van der Waals surface area contributed by atoms with E-state index in [1.54, 1.807) is 191 Å². The van der Waals surface area contributed by atoms with Gasteiger partial charge >= 0.3 is 65.7 Å². The van der Waals surface area contributed by atoms with Gasteiger partial charge in [-0.25, -0.2) is 70.3 Å². The molecule has 5 unspecified atom stereocenters. The lowest BCUT2D eigenvalue weighted by molar-refractivity contribution is -0.195. The molecule has 43 heteroatoms. The van der Waals surface area contributed by atoms with Gasteiger partial charge in [0, 0.05) is 23.0 Å². The second kappa shape index (κ2) is 60.5. The van der Waals surface area contributed by atoms with Crippen LogP contribution in [0.1, 0.15) is 238 Å². The fourth-order valence-corrected chi connectivity index (χ4v) is 13.4. The van der Waals surface area contributed by atoms with Crippen molar-refractivity contribution in [1.29, 1.82) is 0 Å². The van der Waals surface area contributed by atoms with Gasteiger partial charge in [0.25, 0.3) is 0 Å². The number of aliphatic hydroxyl groups excluding tert-OH is 4. The van der Waals surface area contributed by atoms with E-state index in [0.29, 0.717) is 49.6 Å². The molecule has 0 radical (unpaired) electrons. The standard InChI is InChI=1S/C18H23FO6.C18H24O7.C15H19FO6.C11H20O6.C11H18O4.C8H13FO2.C7H11FO3.C6H10O3.C6H10O2.C2H6/c1-5-22-16(21)18(4,19)14(13-11-23-17(2,3)25-13)24-15(20)12-9-7-6-8-10-12;1-5-22-16(20)18(4,21)14(13-11-23-17(2,3)25-13)24-15(19)12-9-7-6-8-10-12;1-3-21-14(20)15(2,16)12(11(18)9-17)22-13(19)10-7-5-4-6-8-10;1-5-15-9(13)11(4,14)8(12)7-6-16-10(2,3)17-7;1-5-13-10(12)8(2)6-9-7-14-11(3,4)15-9;1-4-6-5(2)8(3,9)7(10)11-6;1-4-5(3-9)11-6(10)7(4,2)8;1-6(2)8-4-5(3-7)9-6;1-4-8-6(7)5(2)3;1-2/h6-10,13-14H,5,11H2,1-4H3;6-10,13-14,21H,5,11H2,1-4H3;4-8,11-12,17-18H,3,9H2,1-2H3;7-8,12,14H,5-6H2,1-4H3;6,9H,5,7H2,1-4H3;5-6H,4H2,1-3H3;4-5,9H,3H2,1-2H3;3,5H,4H2,1-2H3;2,4H2,1,3H3;1-2H3/b;;;;8-6+;;;;;/t13-,14-,18-;13?,14-,18+;11-,12-,15-;7-,8-,11+;9-;5?,6-,8?;4?,5-,7?;5-;;/m11110110../s1. The summed E-state index contributed by atoms with van der Waals surface area (Å²) in [7, 11) is 0. The fraction of sp³-hybridized carbons (Fsp3) is 0.667. The van der Waals surface area contributed by atoms with E-state index >= 15 is 4.39 Å². The van der Waals surface area contributed by atoms with Gasteiger partial charge in [-0.1, -0.05) is 95.8 Å². The molecule has 7 aliphatic heterocycles. The number of carbonyl (C=O) groups excluding carboxylic acids is 12. The zero-order valence-corrected chi connectivity index (χ0v) is 88.7. The molecule has 7 aliphatic rings. The largest absolute Gasteiger partial charge is 0.464 e. The summed E-state index contributed by atoms with van der Waals surface area (Å²) in [5.74, 6) is -13.4. The van der Waals surface area contributed by atoms with E-state index < -0.39 is 184 Å². The third kappa shape index (κ3) is 42.3. The van der Waals surface area contributed by atoms with Gasteiger partial charge in [0.1, 0.15) is 54.9 Å². The predicted molar refractivity (Wildman–Crippen MR) is 511 cm³/mol. The molecule has 0 amide bonds. The first-order valence-electron chi connectivity index (χ1n) is 47.5. The Morgan fingerprint density at radius 3 is 1.06 bits per heavy atom. The highest BCUT2D eigenvalue weighted by atomic mass is 19.2. The number of hydrogen-bond acceptors (Lipinski definition) is 39. The molecule has 7 fully saturated rings. The van der Waals surface area contributed by atoms with Crippen LogP contribution in [0, 0.1) is 11.8 Å². The van der Waals surface area contributed by atoms with E-state index in [9.17, 15) is 91.1 Å². The van der Waals surface area contributed by atoms with Crippen LogP contribution >= 0.6 is 0 Å². The summed E-state index contributed by atoms with van der Waals surface area (Å²) >= 11 is 0. The Morgan fingerprint density at radius 1 is 0.448 bits per heavy atom. The van der Waals surface area contributed by atoms with Crippen LogP contribution in [0.2, 0.25) is 0 Å². The zero-order valence-electron chi connectivity index (χ0n) is 88.7. The van der Waals surface area contributed by atoms with E-state index in [-0.39, 0.29) is 100 Å². The van der Waals surface area contributed by atoms with Crippen molar-refractivity contribution in [3.05, 3.63) is 131 Å². The van der Waals surface area contributed by atoms with Crippen molar-refractivity contribution < 1.29 is 205 Å². The second-order valence-electron chi connectivity index (χ2n) is 36.3. The molecule has 0 aromatic heterocycles. The van der Waals surface area contributed by atoms with Gasteiger partial charge in [0.15, 0.2) is 64.7 Å². The van der Waals surface area contributed by atoms with Crippen molar-refractivity contribution in [3.63, 3.8) is 0 Å². The fourth-order valence-electron chi connectivity index (χ4n) is 13.4. The van der Waals surface area contributed by atoms with E-state index in [1.807, 2.05) is 34.6 Å². The first-order valence-corrected chi connectivity index (χ1v) is 47.5. The number of benzene rings is 3. The van der Waals surface area contributed by atoms with E-state index in [2.05, 4.69) is 20.8 Å². The highest BCUT2D eigenvalue weighted by Crippen LogP contribution is 2.40. The Kier molecular flexibility index (Phi) is 55.5. The molecule has 824 valence electrons. The molecule has 6 N–H and O–H groups in total. The van der Waals surface area contributed by atoms with Crippen LogP contribution in [-0.4, -0.2) is 325 Å². The molecule has 0 aliphatic carbocycles. The Hall–Kier alpha value is -9.94. The molecule has 7 saturated heterocycles. The molecular weight excluding hydrogens is 1930 g/mol. The molecule has 0 bridgehead atoms. The number of esters is 11. The van der Waals surface area contributed by atoms with Crippen LogP contribution in [0.25, 0.3) is 0 Å². The minimum absolute atomic E-state index is 0.00517. The lowest BCUT2D eigenvalue weighted by Gasteiger charge is -2.33.